The van der Waals surface area contributed by atoms with Crippen LogP contribution in [0.2, 0.25) is 0 Å². The van der Waals surface area contributed by atoms with Gasteiger partial charge in [0.05, 0.1) is 0 Å². The largest absolute Gasteiger partial charge is 0.317 e. The predicted octanol–water partition coefficient (Wildman–Crippen LogP) is 3.47. The SMILES string of the molecule is CCNCC(C)CCc1ccc(I)cc1. The first kappa shape index (κ1) is 13.0. The van der Waals surface area contributed by atoms with E-state index >= 15 is 0 Å². The summed E-state index contributed by atoms with van der Waals surface area (Å²) in [5.41, 5.74) is 1.46. The molecule has 2 heteroatoms. The van der Waals surface area contributed by atoms with Gasteiger partial charge < -0.3 is 5.32 Å². The average Bonchev–Trinajstić information content (AvgIpc) is 2.25. The lowest BCUT2D eigenvalue weighted by Crippen LogP contribution is -2.20. The maximum Gasteiger partial charge on any atom is 0.0130 e. The summed E-state index contributed by atoms with van der Waals surface area (Å²) >= 11 is 2.35. The number of nitrogens with one attached hydrogen (secondary N) is 1. The van der Waals surface area contributed by atoms with Crippen LogP contribution in [0.15, 0.2) is 24.3 Å². The lowest BCUT2D eigenvalue weighted by molar-refractivity contribution is 0.489. The third-order valence-electron chi connectivity index (χ3n) is 2.58. The molecule has 0 aliphatic carbocycles. The summed E-state index contributed by atoms with van der Waals surface area (Å²) in [5, 5.41) is 3.39. The zero-order valence-corrected chi connectivity index (χ0v) is 11.8. The van der Waals surface area contributed by atoms with Crippen LogP contribution >= 0.6 is 22.6 Å². The van der Waals surface area contributed by atoms with Gasteiger partial charge >= 0.3 is 0 Å². The molecule has 0 aliphatic heterocycles. The van der Waals surface area contributed by atoms with Crippen LogP contribution in [0.25, 0.3) is 0 Å². The molecule has 1 rings (SSSR count). The Bertz CT molecular complexity index is 268. The Labute approximate surface area is 107 Å². The van der Waals surface area contributed by atoms with Gasteiger partial charge in [-0.2, -0.15) is 0 Å². The molecule has 0 aromatic heterocycles. The van der Waals surface area contributed by atoms with Crippen LogP contribution in [-0.2, 0) is 6.42 Å². The summed E-state index contributed by atoms with van der Waals surface area (Å²) in [6.07, 6.45) is 2.47. The number of aryl methyl sites for hydroxylation is 1. The van der Waals surface area contributed by atoms with E-state index in [9.17, 15) is 0 Å². The number of benzene rings is 1. The van der Waals surface area contributed by atoms with Crippen molar-refractivity contribution in [2.24, 2.45) is 5.92 Å². The third-order valence-corrected chi connectivity index (χ3v) is 3.30. The quantitative estimate of drug-likeness (QED) is 0.792. The fourth-order valence-electron chi connectivity index (χ4n) is 1.56. The fourth-order valence-corrected chi connectivity index (χ4v) is 1.92. The highest BCUT2D eigenvalue weighted by Gasteiger charge is 2.01. The monoisotopic (exact) mass is 317 g/mol. The minimum absolute atomic E-state index is 0.768. The van der Waals surface area contributed by atoms with E-state index in [1.807, 2.05) is 0 Å². The lowest BCUT2D eigenvalue weighted by atomic mass is 10.0. The van der Waals surface area contributed by atoms with Gasteiger partial charge in [-0.3, -0.25) is 0 Å². The number of rotatable bonds is 6. The third kappa shape index (κ3) is 5.52. The molecule has 0 saturated heterocycles. The molecule has 1 nitrogen and oxygen atoms in total. The summed E-state index contributed by atoms with van der Waals surface area (Å²) in [6, 6.07) is 8.85. The van der Waals surface area contributed by atoms with E-state index in [1.165, 1.54) is 22.0 Å². The Morgan fingerprint density at radius 1 is 1.27 bits per heavy atom. The second-order valence-corrected chi connectivity index (χ2v) is 5.32. The molecular formula is C13H20IN. The van der Waals surface area contributed by atoms with E-state index in [0.717, 1.165) is 19.0 Å². The molecule has 1 aromatic rings. The maximum atomic E-state index is 3.39. The van der Waals surface area contributed by atoms with Crippen molar-refractivity contribution < 1.29 is 0 Å². The first-order valence-corrected chi connectivity index (χ1v) is 6.75. The van der Waals surface area contributed by atoms with Crippen molar-refractivity contribution in [1.29, 1.82) is 0 Å². The van der Waals surface area contributed by atoms with Crippen molar-refractivity contribution in [1.82, 2.24) is 5.32 Å². The van der Waals surface area contributed by atoms with Crippen LogP contribution in [0.4, 0.5) is 0 Å². The Morgan fingerprint density at radius 3 is 2.53 bits per heavy atom. The molecule has 0 saturated carbocycles. The van der Waals surface area contributed by atoms with Crippen molar-refractivity contribution in [3.05, 3.63) is 33.4 Å². The molecule has 84 valence electrons. The zero-order chi connectivity index (χ0) is 11.1. The van der Waals surface area contributed by atoms with Crippen LogP contribution in [0.1, 0.15) is 25.8 Å². The van der Waals surface area contributed by atoms with Crippen molar-refractivity contribution >= 4 is 22.6 Å². The minimum Gasteiger partial charge on any atom is -0.317 e. The van der Waals surface area contributed by atoms with E-state index in [-0.39, 0.29) is 0 Å². The molecule has 0 heterocycles. The van der Waals surface area contributed by atoms with Gasteiger partial charge in [0.15, 0.2) is 0 Å². The van der Waals surface area contributed by atoms with Gasteiger partial charge in [-0.15, -0.1) is 0 Å². The van der Waals surface area contributed by atoms with E-state index in [0.29, 0.717) is 0 Å². The van der Waals surface area contributed by atoms with Crippen molar-refractivity contribution in [2.75, 3.05) is 13.1 Å². The molecule has 1 N–H and O–H groups in total. The highest BCUT2D eigenvalue weighted by molar-refractivity contribution is 14.1. The molecule has 0 radical (unpaired) electrons. The number of halogens is 1. The first-order valence-electron chi connectivity index (χ1n) is 5.67. The van der Waals surface area contributed by atoms with Gasteiger partial charge in [-0.25, -0.2) is 0 Å². The molecule has 0 aliphatic rings. The van der Waals surface area contributed by atoms with Crippen molar-refractivity contribution in [3.8, 4) is 0 Å². The minimum atomic E-state index is 0.768. The van der Waals surface area contributed by atoms with E-state index in [4.69, 9.17) is 0 Å². The van der Waals surface area contributed by atoms with Crippen LogP contribution in [0, 0.1) is 9.49 Å². The zero-order valence-electron chi connectivity index (χ0n) is 9.59. The molecule has 0 amide bonds. The highest BCUT2D eigenvalue weighted by atomic mass is 127. The maximum absolute atomic E-state index is 3.39. The van der Waals surface area contributed by atoms with E-state index in [2.05, 4.69) is 66.0 Å². The Balaban J connectivity index is 2.27. The molecule has 1 unspecified atom stereocenters. The predicted molar refractivity (Wildman–Crippen MR) is 75.2 cm³/mol. The lowest BCUT2D eigenvalue weighted by Gasteiger charge is -2.11. The molecule has 15 heavy (non-hydrogen) atoms. The van der Waals surface area contributed by atoms with Gasteiger partial charge in [-0.05, 0) is 72.1 Å². The normalized spacial score (nSPS) is 12.7. The Kier molecular flexibility index (Phi) is 6.25. The number of hydrogen-bond acceptors (Lipinski definition) is 1. The average molecular weight is 317 g/mol. The first-order chi connectivity index (χ1) is 7.22. The van der Waals surface area contributed by atoms with Gasteiger partial charge in [0.25, 0.3) is 0 Å². The number of hydrogen-bond donors (Lipinski definition) is 1. The standard InChI is InChI=1S/C13H20IN/c1-3-15-10-11(2)4-5-12-6-8-13(14)9-7-12/h6-9,11,15H,3-5,10H2,1-2H3. The fraction of sp³-hybridized carbons (Fsp3) is 0.538. The van der Waals surface area contributed by atoms with Gasteiger partial charge in [0.2, 0.25) is 0 Å². The summed E-state index contributed by atoms with van der Waals surface area (Å²) in [5.74, 6) is 0.768. The van der Waals surface area contributed by atoms with E-state index < -0.39 is 0 Å². The van der Waals surface area contributed by atoms with Crippen molar-refractivity contribution in [3.63, 3.8) is 0 Å². The molecule has 0 spiro atoms. The molecule has 0 bridgehead atoms. The summed E-state index contributed by atoms with van der Waals surface area (Å²) in [4.78, 5) is 0. The van der Waals surface area contributed by atoms with Crippen LogP contribution in [0.3, 0.4) is 0 Å². The molecule has 1 atom stereocenters. The van der Waals surface area contributed by atoms with Gasteiger partial charge in [0, 0.05) is 3.57 Å². The smallest absolute Gasteiger partial charge is 0.0130 e. The molecule has 0 fully saturated rings. The van der Waals surface area contributed by atoms with Crippen LogP contribution in [-0.4, -0.2) is 13.1 Å². The van der Waals surface area contributed by atoms with Crippen molar-refractivity contribution in [2.45, 2.75) is 26.7 Å². The summed E-state index contributed by atoms with van der Waals surface area (Å²) < 4.78 is 1.32. The van der Waals surface area contributed by atoms with Gasteiger partial charge in [-0.1, -0.05) is 26.0 Å². The second kappa shape index (κ2) is 7.23. The Hall–Kier alpha value is -0.0900. The summed E-state index contributed by atoms with van der Waals surface area (Å²) in [7, 11) is 0. The highest BCUT2D eigenvalue weighted by Crippen LogP contribution is 2.11. The Morgan fingerprint density at radius 2 is 1.93 bits per heavy atom. The van der Waals surface area contributed by atoms with Crippen LogP contribution < -0.4 is 5.32 Å². The topological polar surface area (TPSA) is 12.0 Å². The molecule has 1 aromatic carbocycles. The molecular weight excluding hydrogens is 297 g/mol. The van der Waals surface area contributed by atoms with Crippen LogP contribution in [0.5, 0.6) is 0 Å². The summed E-state index contributed by atoms with van der Waals surface area (Å²) in [6.45, 7) is 6.69. The second-order valence-electron chi connectivity index (χ2n) is 4.08. The van der Waals surface area contributed by atoms with Gasteiger partial charge in [0.1, 0.15) is 0 Å². The van der Waals surface area contributed by atoms with E-state index in [1.54, 1.807) is 0 Å².